The van der Waals surface area contributed by atoms with Gasteiger partial charge in [-0.05, 0) is 0 Å². The molecule has 1 saturated heterocycles. The zero-order valence-corrected chi connectivity index (χ0v) is 6.84. The van der Waals surface area contributed by atoms with E-state index in [1.165, 1.54) is 0 Å². The summed E-state index contributed by atoms with van der Waals surface area (Å²) < 4.78 is 5.18. The highest BCUT2D eigenvalue weighted by atomic mass is 35.5. The van der Waals surface area contributed by atoms with Crippen LogP contribution in [-0.4, -0.2) is 31.6 Å². The lowest BCUT2D eigenvalue weighted by Crippen LogP contribution is -2.26. The molecular weight excluding hydrogens is 168 g/mol. The molecule has 2 N–H and O–H groups in total. The molecule has 11 heavy (non-hydrogen) atoms. The molecule has 2 heterocycles. The summed E-state index contributed by atoms with van der Waals surface area (Å²) in [7, 11) is 0. The van der Waals surface area contributed by atoms with Crippen molar-refractivity contribution >= 4 is 18.1 Å². The Morgan fingerprint density at radius 1 is 1.55 bits per heavy atom. The van der Waals surface area contributed by atoms with Crippen LogP contribution in [-0.2, 0) is 9.57 Å². The number of nitrogens with two attached hydrogens (primary N) is 1. The van der Waals surface area contributed by atoms with Gasteiger partial charge in [0.15, 0.2) is 6.10 Å². The molecule has 2 atom stereocenters. The summed E-state index contributed by atoms with van der Waals surface area (Å²) in [4.78, 5) is 5.06. The molecule has 0 bridgehead atoms. The quantitative estimate of drug-likeness (QED) is 0.604. The predicted octanol–water partition coefficient (Wildman–Crippen LogP) is -0.232. The van der Waals surface area contributed by atoms with Crippen LogP contribution in [0.1, 0.15) is 0 Å². The lowest BCUT2D eigenvalue weighted by Gasteiger charge is -2.03. The lowest BCUT2D eigenvalue weighted by molar-refractivity contribution is 0.0558. The minimum atomic E-state index is 0. The van der Waals surface area contributed by atoms with Gasteiger partial charge in [-0.2, -0.15) is 0 Å². The van der Waals surface area contributed by atoms with Crippen molar-refractivity contribution in [2.24, 2.45) is 16.8 Å². The lowest BCUT2D eigenvalue weighted by atomic mass is 10.0. The second kappa shape index (κ2) is 3.38. The summed E-state index contributed by atoms with van der Waals surface area (Å²) in [6, 6.07) is 0. The molecule has 0 spiro atoms. The molecule has 0 unspecified atom stereocenters. The third-order valence-electron chi connectivity index (χ3n) is 1.97. The zero-order valence-electron chi connectivity index (χ0n) is 6.03. The molecule has 0 aromatic carbocycles. The van der Waals surface area contributed by atoms with Crippen LogP contribution < -0.4 is 5.73 Å². The van der Waals surface area contributed by atoms with Crippen LogP contribution in [0.3, 0.4) is 0 Å². The highest BCUT2D eigenvalue weighted by molar-refractivity contribution is 5.89. The van der Waals surface area contributed by atoms with Crippen molar-refractivity contribution in [3.63, 3.8) is 0 Å². The molecule has 64 valence electrons. The van der Waals surface area contributed by atoms with Crippen molar-refractivity contribution in [1.29, 1.82) is 0 Å². The molecule has 0 aromatic rings. The number of hydrogen-bond donors (Lipinski definition) is 1. The SMILES string of the molecule is Cl.NCC1=NO[C@@H]2COC[C@H]12. The number of halogens is 1. The van der Waals surface area contributed by atoms with E-state index < -0.39 is 0 Å². The van der Waals surface area contributed by atoms with E-state index in [9.17, 15) is 0 Å². The van der Waals surface area contributed by atoms with Gasteiger partial charge in [0, 0.05) is 6.54 Å². The van der Waals surface area contributed by atoms with Gasteiger partial charge in [-0.3, -0.25) is 0 Å². The highest BCUT2D eigenvalue weighted by Gasteiger charge is 2.38. The van der Waals surface area contributed by atoms with Crippen molar-refractivity contribution in [2.75, 3.05) is 19.8 Å². The molecular formula is C6H11ClN2O2. The third kappa shape index (κ3) is 1.34. The number of ether oxygens (including phenoxy) is 1. The molecule has 0 saturated carbocycles. The summed E-state index contributed by atoms with van der Waals surface area (Å²) in [5.74, 6) is 0.338. The summed E-state index contributed by atoms with van der Waals surface area (Å²) in [6.45, 7) is 1.88. The van der Waals surface area contributed by atoms with Gasteiger partial charge in [-0.25, -0.2) is 0 Å². The molecule has 0 radical (unpaired) electrons. The largest absolute Gasteiger partial charge is 0.389 e. The van der Waals surface area contributed by atoms with Crippen LogP contribution >= 0.6 is 12.4 Å². The number of oxime groups is 1. The Balaban J connectivity index is 0.000000605. The van der Waals surface area contributed by atoms with E-state index >= 15 is 0 Å². The topological polar surface area (TPSA) is 56.8 Å². The Labute approximate surface area is 71.1 Å². The second-order valence-corrected chi connectivity index (χ2v) is 2.57. The van der Waals surface area contributed by atoms with Gasteiger partial charge in [0.2, 0.25) is 0 Å². The minimum Gasteiger partial charge on any atom is -0.389 e. The Bertz CT molecular complexity index is 174. The maximum atomic E-state index is 5.42. The Morgan fingerprint density at radius 3 is 3.09 bits per heavy atom. The Hall–Kier alpha value is -0.320. The van der Waals surface area contributed by atoms with E-state index in [2.05, 4.69) is 5.16 Å². The van der Waals surface area contributed by atoms with Gasteiger partial charge in [0.1, 0.15) is 0 Å². The van der Waals surface area contributed by atoms with Gasteiger partial charge in [0.05, 0.1) is 24.8 Å². The maximum Gasteiger partial charge on any atom is 0.161 e. The van der Waals surface area contributed by atoms with E-state index in [-0.39, 0.29) is 18.5 Å². The van der Waals surface area contributed by atoms with Crippen molar-refractivity contribution in [3.8, 4) is 0 Å². The van der Waals surface area contributed by atoms with Crippen LogP contribution in [0.4, 0.5) is 0 Å². The van der Waals surface area contributed by atoms with Gasteiger partial charge in [0.25, 0.3) is 0 Å². The average molecular weight is 179 g/mol. The highest BCUT2D eigenvalue weighted by Crippen LogP contribution is 2.23. The fourth-order valence-corrected chi connectivity index (χ4v) is 1.34. The van der Waals surface area contributed by atoms with E-state index in [4.69, 9.17) is 15.3 Å². The average Bonchev–Trinajstić information content (AvgIpc) is 2.44. The summed E-state index contributed by atoms with van der Waals surface area (Å²) in [6.07, 6.45) is 0.151. The smallest absolute Gasteiger partial charge is 0.161 e. The normalized spacial score (nSPS) is 33.7. The van der Waals surface area contributed by atoms with Crippen LogP contribution in [0.2, 0.25) is 0 Å². The zero-order chi connectivity index (χ0) is 6.97. The molecule has 2 aliphatic rings. The van der Waals surface area contributed by atoms with E-state index in [1.54, 1.807) is 0 Å². The summed E-state index contributed by atoms with van der Waals surface area (Å²) >= 11 is 0. The summed E-state index contributed by atoms with van der Waals surface area (Å²) in [5, 5.41) is 3.85. The standard InChI is InChI=1S/C6H10N2O2.ClH/c7-1-5-4-2-9-3-6(4)10-8-5;/h4,6H,1-3,7H2;1H/t4-,6-;/m1./s1. The maximum absolute atomic E-state index is 5.42. The molecule has 2 aliphatic heterocycles. The van der Waals surface area contributed by atoms with E-state index in [1.807, 2.05) is 0 Å². The van der Waals surface area contributed by atoms with E-state index in [0.717, 1.165) is 12.3 Å². The molecule has 2 rings (SSSR count). The summed E-state index contributed by atoms with van der Waals surface area (Å²) in [5.41, 5.74) is 6.37. The Morgan fingerprint density at radius 2 is 2.36 bits per heavy atom. The third-order valence-corrected chi connectivity index (χ3v) is 1.97. The van der Waals surface area contributed by atoms with Gasteiger partial charge in [-0.1, -0.05) is 5.16 Å². The van der Waals surface area contributed by atoms with Crippen LogP contribution in [0.5, 0.6) is 0 Å². The molecule has 5 heteroatoms. The van der Waals surface area contributed by atoms with Crippen LogP contribution in [0, 0.1) is 5.92 Å². The first-order valence-corrected chi connectivity index (χ1v) is 3.42. The number of nitrogens with zero attached hydrogens (tertiary/aromatic N) is 1. The first-order chi connectivity index (χ1) is 4.92. The molecule has 0 aromatic heterocycles. The number of rotatable bonds is 1. The second-order valence-electron chi connectivity index (χ2n) is 2.57. The van der Waals surface area contributed by atoms with Crippen molar-refractivity contribution in [1.82, 2.24) is 0 Å². The van der Waals surface area contributed by atoms with E-state index in [0.29, 0.717) is 19.1 Å². The fourth-order valence-electron chi connectivity index (χ4n) is 1.34. The van der Waals surface area contributed by atoms with Crippen LogP contribution in [0.15, 0.2) is 5.16 Å². The minimum absolute atomic E-state index is 0. The molecule has 4 nitrogen and oxygen atoms in total. The van der Waals surface area contributed by atoms with Crippen molar-refractivity contribution in [2.45, 2.75) is 6.10 Å². The first kappa shape index (κ1) is 8.77. The van der Waals surface area contributed by atoms with Gasteiger partial charge < -0.3 is 15.3 Å². The number of hydrogen-bond acceptors (Lipinski definition) is 4. The first-order valence-electron chi connectivity index (χ1n) is 3.42. The molecule has 1 fully saturated rings. The molecule has 0 aliphatic carbocycles. The van der Waals surface area contributed by atoms with Gasteiger partial charge in [-0.15, -0.1) is 12.4 Å². The fraction of sp³-hybridized carbons (Fsp3) is 0.833. The monoisotopic (exact) mass is 178 g/mol. The van der Waals surface area contributed by atoms with Crippen molar-refractivity contribution < 1.29 is 9.57 Å². The molecule has 0 amide bonds. The predicted molar refractivity (Wildman–Crippen MR) is 42.9 cm³/mol. The Kier molecular flexibility index (Phi) is 2.70. The van der Waals surface area contributed by atoms with Crippen molar-refractivity contribution in [3.05, 3.63) is 0 Å². The van der Waals surface area contributed by atoms with Crippen LogP contribution in [0.25, 0.3) is 0 Å². The van der Waals surface area contributed by atoms with Gasteiger partial charge >= 0.3 is 0 Å². The number of fused-ring (bicyclic) bond motifs is 1.